The number of fused-ring (bicyclic) bond motifs is 3. The van der Waals surface area contributed by atoms with E-state index in [2.05, 4.69) is 30.6 Å². The number of carbonyl (C=O) groups excluding carboxylic acids is 2. The van der Waals surface area contributed by atoms with Crippen LogP contribution in [0.15, 0.2) is 48.8 Å². The Morgan fingerprint density at radius 1 is 0.765 bits per heavy atom. The summed E-state index contributed by atoms with van der Waals surface area (Å²) in [4.78, 5) is 38.1. The van der Waals surface area contributed by atoms with Crippen LogP contribution in [0.3, 0.4) is 0 Å². The van der Waals surface area contributed by atoms with E-state index in [-0.39, 0.29) is 11.8 Å². The smallest absolute Gasteiger partial charge is 0.268 e. The van der Waals surface area contributed by atoms with Gasteiger partial charge in [0.2, 0.25) is 0 Å². The first-order valence-electron chi connectivity index (χ1n) is 10.7. The van der Waals surface area contributed by atoms with E-state index in [1.54, 1.807) is 24.5 Å². The molecule has 0 fully saturated rings. The lowest BCUT2D eigenvalue weighted by Gasteiger charge is -2.10. The summed E-state index contributed by atoms with van der Waals surface area (Å²) in [6.07, 6.45) is 3.60. The Hall–Kier alpha value is -4.60. The maximum Gasteiger partial charge on any atom is 0.268 e. The van der Waals surface area contributed by atoms with Gasteiger partial charge < -0.3 is 40.0 Å². The number of carbonyl (C=O) groups is 2. The van der Waals surface area contributed by atoms with Crippen molar-refractivity contribution in [2.75, 3.05) is 14.2 Å². The van der Waals surface area contributed by atoms with E-state index in [1.165, 1.54) is 14.2 Å². The predicted octanol–water partition coefficient (Wildman–Crippen LogP) is 3.18. The van der Waals surface area contributed by atoms with E-state index in [0.717, 1.165) is 11.4 Å². The highest BCUT2D eigenvalue weighted by Crippen LogP contribution is 2.43. The summed E-state index contributed by atoms with van der Waals surface area (Å²) in [7, 11) is 3.08. The molecule has 0 atom stereocenters. The van der Waals surface area contributed by atoms with E-state index < -0.39 is 0 Å². The first kappa shape index (κ1) is 21.3. The van der Waals surface area contributed by atoms with Crippen LogP contribution in [0.1, 0.15) is 32.4 Å². The highest BCUT2D eigenvalue weighted by Gasteiger charge is 2.23. The molecule has 0 unspecified atom stereocenters. The Morgan fingerprint density at radius 3 is 1.56 bits per heavy atom. The number of aromatic amines is 4. The van der Waals surface area contributed by atoms with Gasteiger partial charge in [0, 0.05) is 34.6 Å². The lowest BCUT2D eigenvalue weighted by atomic mass is 10.1. The van der Waals surface area contributed by atoms with Crippen LogP contribution in [-0.4, -0.2) is 46.0 Å². The molecule has 0 aliphatic heterocycles. The van der Waals surface area contributed by atoms with Crippen LogP contribution in [0.5, 0.6) is 11.5 Å². The molecule has 0 saturated heterocycles. The molecule has 34 heavy (non-hydrogen) atoms. The van der Waals surface area contributed by atoms with Crippen LogP contribution in [0.25, 0.3) is 21.8 Å². The fourth-order valence-corrected chi connectivity index (χ4v) is 4.05. The number of nitrogens with one attached hydrogen (secondary N) is 6. The number of amides is 2. The summed E-state index contributed by atoms with van der Waals surface area (Å²) in [6, 6.07) is 11.0. The monoisotopic (exact) mass is 460 g/mol. The first-order valence-corrected chi connectivity index (χ1v) is 10.7. The number of rotatable bonds is 8. The molecule has 6 N–H and O–H groups in total. The van der Waals surface area contributed by atoms with Gasteiger partial charge in [-0.05, 0) is 36.4 Å². The molecule has 0 aliphatic carbocycles. The standard InChI is InChI=1S/C24H24N6O4/c1-33-21-15-9-17(23(31)27-11-13-5-3-7-25-13)29-19(15)20-16(22(21)34-2)10-18(30-20)24(32)28-12-14-6-4-8-26-14/h3-10,25-26,29-30H,11-12H2,1-2H3,(H,27,31)(H,28,32). The predicted molar refractivity (Wildman–Crippen MR) is 127 cm³/mol. The summed E-state index contributed by atoms with van der Waals surface area (Å²) < 4.78 is 11.3. The quantitative estimate of drug-likeness (QED) is 0.212. The lowest BCUT2D eigenvalue weighted by molar-refractivity contribution is 0.0938. The van der Waals surface area contributed by atoms with Crippen molar-refractivity contribution >= 4 is 33.6 Å². The van der Waals surface area contributed by atoms with Gasteiger partial charge in [0.15, 0.2) is 11.5 Å². The van der Waals surface area contributed by atoms with E-state index >= 15 is 0 Å². The van der Waals surface area contributed by atoms with Crippen LogP contribution >= 0.6 is 0 Å². The number of benzene rings is 1. The third-order valence-electron chi connectivity index (χ3n) is 5.68. The van der Waals surface area contributed by atoms with Gasteiger partial charge in [-0.3, -0.25) is 9.59 Å². The number of methoxy groups -OCH3 is 2. The Kier molecular flexibility index (Phi) is 5.46. The minimum atomic E-state index is -0.268. The van der Waals surface area contributed by atoms with E-state index in [9.17, 15) is 9.59 Å². The first-order chi connectivity index (χ1) is 16.6. The zero-order chi connectivity index (χ0) is 23.7. The van der Waals surface area contributed by atoms with Gasteiger partial charge in [-0.1, -0.05) is 0 Å². The number of ether oxygens (including phenoxy) is 2. The molecule has 0 bridgehead atoms. The molecule has 1 aromatic carbocycles. The van der Waals surface area contributed by atoms with Crippen molar-refractivity contribution in [2.24, 2.45) is 0 Å². The summed E-state index contributed by atoms with van der Waals surface area (Å²) >= 11 is 0. The second-order valence-corrected chi connectivity index (χ2v) is 7.77. The van der Waals surface area contributed by atoms with Gasteiger partial charge in [0.05, 0.1) is 38.3 Å². The molecule has 0 aliphatic rings. The van der Waals surface area contributed by atoms with Crippen molar-refractivity contribution in [3.8, 4) is 11.5 Å². The molecule has 2 amide bonds. The second-order valence-electron chi connectivity index (χ2n) is 7.77. The van der Waals surface area contributed by atoms with E-state index in [0.29, 0.717) is 57.8 Å². The van der Waals surface area contributed by atoms with Gasteiger partial charge in [0.25, 0.3) is 11.8 Å². The number of hydrogen-bond donors (Lipinski definition) is 6. The molecule has 10 heteroatoms. The molecule has 4 heterocycles. The van der Waals surface area contributed by atoms with Gasteiger partial charge in [-0.2, -0.15) is 0 Å². The Balaban J connectivity index is 1.51. The third kappa shape index (κ3) is 3.75. The maximum atomic E-state index is 12.8. The molecule has 5 aromatic rings. The Morgan fingerprint density at radius 2 is 1.21 bits per heavy atom. The molecular weight excluding hydrogens is 436 g/mol. The molecule has 0 spiro atoms. The van der Waals surface area contributed by atoms with Crippen molar-refractivity contribution in [2.45, 2.75) is 13.1 Å². The highest BCUT2D eigenvalue weighted by atomic mass is 16.5. The molecule has 10 nitrogen and oxygen atoms in total. The maximum absolute atomic E-state index is 12.8. The summed E-state index contributed by atoms with van der Waals surface area (Å²) in [6.45, 7) is 0.732. The van der Waals surface area contributed by atoms with Crippen LogP contribution in [0, 0.1) is 0 Å². The Labute approximate surface area is 194 Å². The molecule has 5 rings (SSSR count). The zero-order valence-corrected chi connectivity index (χ0v) is 18.7. The zero-order valence-electron chi connectivity index (χ0n) is 18.7. The van der Waals surface area contributed by atoms with Crippen molar-refractivity contribution < 1.29 is 19.1 Å². The van der Waals surface area contributed by atoms with Crippen molar-refractivity contribution in [3.05, 3.63) is 71.6 Å². The van der Waals surface area contributed by atoms with Crippen molar-refractivity contribution in [1.29, 1.82) is 0 Å². The number of aromatic nitrogens is 4. The lowest BCUT2D eigenvalue weighted by Crippen LogP contribution is -2.23. The molecule has 4 aromatic heterocycles. The molecule has 174 valence electrons. The Bertz CT molecular complexity index is 1350. The topological polar surface area (TPSA) is 140 Å². The average molecular weight is 460 g/mol. The fraction of sp³-hybridized carbons (Fsp3) is 0.167. The molecular formula is C24H24N6O4. The largest absolute Gasteiger partial charge is 0.492 e. The van der Waals surface area contributed by atoms with Gasteiger partial charge >= 0.3 is 0 Å². The molecule has 0 saturated carbocycles. The van der Waals surface area contributed by atoms with Gasteiger partial charge in [-0.25, -0.2) is 0 Å². The summed E-state index contributed by atoms with van der Waals surface area (Å²) in [5.74, 6) is 0.412. The molecule has 0 radical (unpaired) electrons. The summed E-state index contributed by atoms with van der Waals surface area (Å²) in [5.41, 5.74) is 3.79. The third-order valence-corrected chi connectivity index (χ3v) is 5.68. The van der Waals surface area contributed by atoms with Gasteiger partial charge in [-0.15, -0.1) is 0 Å². The van der Waals surface area contributed by atoms with Crippen LogP contribution in [-0.2, 0) is 13.1 Å². The average Bonchev–Trinajstić information content (AvgIpc) is 3.65. The van der Waals surface area contributed by atoms with Crippen molar-refractivity contribution in [3.63, 3.8) is 0 Å². The van der Waals surface area contributed by atoms with E-state index in [1.807, 2.05) is 24.3 Å². The number of hydrogen-bond acceptors (Lipinski definition) is 4. The van der Waals surface area contributed by atoms with Crippen molar-refractivity contribution in [1.82, 2.24) is 30.6 Å². The fourth-order valence-electron chi connectivity index (χ4n) is 4.05. The number of H-pyrrole nitrogens is 4. The van der Waals surface area contributed by atoms with Gasteiger partial charge in [0.1, 0.15) is 11.4 Å². The highest BCUT2D eigenvalue weighted by molar-refractivity contribution is 6.15. The van der Waals surface area contributed by atoms with Crippen LogP contribution < -0.4 is 20.1 Å². The van der Waals surface area contributed by atoms with Crippen LogP contribution in [0.2, 0.25) is 0 Å². The minimum absolute atomic E-state index is 0.268. The van der Waals surface area contributed by atoms with Crippen LogP contribution in [0.4, 0.5) is 0 Å². The normalized spacial score (nSPS) is 11.1. The van der Waals surface area contributed by atoms with E-state index in [4.69, 9.17) is 9.47 Å². The summed E-state index contributed by atoms with van der Waals surface area (Å²) in [5, 5.41) is 7.09. The SMILES string of the molecule is COc1c(OC)c2cc(C(=O)NCc3ccc[nH]3)[nH]c2c2[nH]c(C(=O)NCc3ccc[nH]3)cc12. The minimum Gasteiger partial charge on any atom is -0.492 e. The second kappa shape index (κ2) is 8.74.